The molecule has 2 aromatic rings. The van der Waals surface area contributed by atoms with Gasteiger partial charge in [-0.2, -0.15) is 0 Å². The second kappa shape index (κ2) is 6.13. The fraction of sp³-hybridized carbons (Fsp3) is 0.462. The van der Waals surface area contributed by atoms with E-state index in [1.807, 2.05) is 4.90 Å². The first kappa shape index (κ1) is 15.7. The van der Waals surface area contributed by atoms with Crippen molar-refractivity contribution in [3.05, 3.63) is 24.9 Å². The Hall–Kier alpha value is -2.20. The van der Waals surface area contributed by atoms with Crippen molar-refractivity contribution >= 4 is 15.8 Å². The van der Waals surface area contributed by atoms with Crippen molar-refractivity contribution in [1.29, 1.82) is 0 Å². The van der Waals surface area contributed by atoms with Crippen LogP contribution >= 0.6 is 0 Å². The van der Waals surface area contributed by atoms with Crippen LogP contribution in [-0.4, -0.2) is 54.2 Å². The van der Waals surface area contributed by atoms with E-state index in [9.17, 15) is 8.42 Å². The first-order valence-corrected chi connectivity index (χ1v) is 8.58. The number of nitrogens with one attached hydrogen (secondary N) is 1. The molecule has 10 heteroatoms. The molecule has 124 valence electrons. The Morgan fingerprint density at radius 1 is 1.30 bits per heavy atom. The van der Waals surface area contributed by atoms with Crippen LogP contribution in [0.2, 0.25) is 0 Å². The van der Waals surface area contributed by atoms with E-state index in [0.717, 1.165) is 0 Å². The average molecular weight is 338 g/mol. The average Bonchev–Trinajstić information content (AvgIpc) is 3.16. The molecule has 0 amide bonds. The van der Waals surface area contributed by atoms with Gasteiger partial charge in [-0.3, -0.25) is 0 Å². The van der Waals surface area contributed by atoms with Crippen LogP contribution in [0.15, 0.2) is 29.9 Å². The first-order chi connectivity index (χ1) is 11.0. The lowest BCUT2D eigenvalue weighted by atomic mass is 10.3. The molecular weight excluding hydrogens is 320 g/mol. The van der Waals surface area contributed by atoms with Crippen LogP contribution in [0.3, 0.4) is 0 Å². The lowest BCUT2D eigenvalue weighted by Crippen LogP contribution is -2.37. The summed E-state index contributed by atoms with van der Waals surface area (Å²) in [5.41, 5.74) is 0. The van der Waals surface area contributed by atoms with Crippen LogP contribution in [-0.2, 0) is 17.1 Å². The van der Waals surface area contributed by atoms with Crippen molar-refractivity contribution in [3.8, 4) is 5.88 Å². The lowest BCUT2D eigenvalue weighted by molar-refractivity contribution is 0.396. The minimum atomic E-state index is -3.62. The largest absolute Gasteiger partial charge is 0.478 e. The zero-order chi connectivity index (χ0) is 16.4. The molecule has 3 heterocycles. The molecule has 1 saturated heterocycles. The number of sulfonamides is 1. The number of ether oxygens (including phenoxy) is 1. The predicted octanol–water partition coefficient (Wildman–Crippen LogP) is -0.224. The third-order valence-electron chi connectivity index (χ3n) is 3.61. The highest BCUT2D eigenvalue weighted by atomic mass is 32.2. The molecule has 0 spiro atoms. The number of hydrogen-bond donors (Lipinski definition) is 1. The number of methoxy groups -OCH3 is 1. The molecule has 1 aliphatic rings. The molecule has 0 aliphatic carbocycles. The second-order valence-corrected chi connectivity index (χ2v) is 6.98. The second-order valence-electron chi connectivity index (χ2n) is 5.32. The maximum atomic E-state index is 12.3. The zero-order valence-electron chi connectivity index (χ0n) is 12.9. The van der Waals surface area contributed by atoms with Gasteiger partial charge in [0.25, 0.3) is 15.9 Å². The van der Waals surface area contributed by atoms with Gasteiger partial charge in [-0.15, -0.1) is 0 Å². The van der Waals surface area contributed by atoms with E-state index in [0.29, 0.717) is 31.2 Å². The standard InChI is InChI=1S/C13H18N6O3S/c1-18-8-11(16-9-18)23(20,21)17-10-3-6-19(7-10)12-13(22-2)15-5-4-14-12/h4-5,8-10,17H,3,6-7H2,1-2H3. The van der Waals surface area contributed by atoms with E-state index < -0.39 is 10.0 Å². The van der Waals surface area contributed by atoms with E-state index in [4.69, 9.17) is 4.74 Å². The van der Waals surface area contributed by atoms with Crippen molar-refractivity contribution < 1.29 is 13.2 Å². The van der Waals surface area contributed by atoms with E-state index in [2.05, 4.69) is 19.7 Å². The van der Waals surface area contributed by atoms with Crippen LogP contribution in [0.1, 0.15) is 6.42 Å². The van der Waals surface area contributed by atoms with Gasteiger partial charge in [0, 0.05) is 44.8 Å². The Morgan fingerprint density at radius 2 is 2.09 bits per heavy atom. The molecule has 1 atom stereocenters. The highest BCUT2D eigenvalue weighted by Gasteiger charge is 2.30. The molecule has 3 rings (SSSR count). The summed E-state index contributed by atoms with van der Waals surface area (Å²) in [6.07, 6.45) is 6.75. The minimum Gasteiger partial charge on any atom is -0.478 e. The molecule has 0 saturated carbocycles. The number of aryl methyl sites for hydroxylation is 1. The Morgan fingerprint density at radius 3 is 2.78 bits per heavy atom. The number of aromatic nitrogens is 4. The Bertz CT molecular complexity index is 791. The molecule has 0 aromatic carbocycles. The molecule has 1 N–H and O–H groups in total. The van der Waals surface area contributed by atoms with Gasteiger partial charge in [-0.05, 0) is 6.42 Å². The molecule has 1 aliphatic heterocycles. The van der Waals surface area contributed by atoms with Crippen molar-refractivity contribution in [1.82, 2.24) is 24.2 Å². The van der Waals surface area contributed by atoms with Crippen LogP contribution in [0, 0.1) is 0 Å². The summed E-state index contributed by atoms with van der Waals surface area (Å²) >= 11 is 0. The van der Waals surface area contributed by atoms with Crippen molar-refractivity contribution in [2.75, 3.05) is 25.1 Å². The quantitative estimate of drug-likeness (QED) is 0.804. The van der Waals surface area contributed by atoms with Gasteiger partial charge in [-0.25, -0.2) is 28.1 Å². The van der Waals surface area contributed by atoms with Gasteiger partial charge < -0.3 is 14.2 Å². The topological polar surface area (TPSA) is 102 Å². The minimum absolute atomic E-state index is 0.0236. The van der Waals surface area contributed by atoms with Gasteiger partial charge in [0.15, 0.2) is 10.8 Å². The zero-order valence-corrected chi connectivity index (χ0v) is 13.7. The molecule has 1 fully saturated rings. The molecule has 1 unspecified atom stereocenters. The number of hydrogen-bond acceptors (Lipinski definition) is 7. The van der Waals surface area contributed by atoms with Crippen LogP contribution in [0.4, 0.5) is 5.82 Å². The van der Waals surface area contributed by atoms with Gasteiger partial charge in [0.05, 0.1) is 13.4 Å². The van der Waals surface area contributed by atoms with Crippen LogP contribution < -0.4 is 14.4 Å². The number of anilines is 1. The van der Waals surface area contributed by atoms with Gasteiger partial charge in [-0.1, -0.05) is 0 Å². The first-order valence-electron chi connectivity index (χ1n) is 7.10. The van der Waals surface area contributed by atoms with Gasteiger partial charge in [0.2, 0.25) is 0 Å². The van der Waals surface area contributed by atoms with Crippen LogP contribution in [0.5, 0.6) is 5.88 Å². The van der Waals surface area contributed by atoms with Crippen molar-refractivity contribution in [3.63, 3.8) is 0 Å². The lowest BCUT2D eigenvalue weighted by Gasteiger charge is -2.19. The summed E-state index contributed by atoms with van der Waals surface area (Å²) in [4.78, 5) is 14.2. The fourth-order valence-corrected chi connectivity index (χ4v) is 3.78. The Balaban J connectivity index is 1.71. The van der Waals surface area contributed by atoms with E-state index in [-0.39, 0.29) is 11.1 Å². The van der Waals surface area contributed by atoms with Gasteiger partial charge >= 0.3 is 0 Å². The molecule has 9 nitrogen and oxygen atoms in total. The molecule has 0 radical (unpaired) electrons. The summed E-state index contributed by atoms with van der Waals surface area (Å²) in [5, 5.41) is 0.0236. The number of nitrogens with zero attached hydrogens (tertiary/aromatic N) is 5. The van der Waals surface area contributed by atoms with Crippen molar-refractivity contribution in [2.24, 2.45) is 7.05 Å². The third kappa shape index (κ3) is 3.27. The maximum absolute atomic E-state index is 12.3. The summed E-state index contributed by atoms with van der Waals surface area (Å²) in [5.74, 6) is 1.05. The maximum Gasteiger partial charge on any atom is 0.259 e. The Kier molecular flexibility index (Phi) is 4.18. The summed E-state index contributed by atoms with van der Waals surface area (Å²) in [7, 11) is -0.362. The van der Waals surface area contributed by atoms with E-state index in [1.165, 1.54) is 19.6 Å². The highest BCUT2D eigenvalue weighted by Crippen LogP contribution is 2.26. The number of rotatable bonds is 5. The summed E-state index contributed by atoms with van der Waals surface area (Å²) in [6.45, 7) is 1.17. The normalized spacial score (nSPS) is 18.3. The van der Waals surface area contributed by atoms with E-state index >= 15 is 0 Å². The van der Waals surface area contributed by atoms with Crippen LogP contribution in [0.25, 0.3) is 0 Å². The third-order valence-corrected chi connectivity index (χ3v) is 5.01. The number of imidazole rings is 1. The van der Waals surface area contributed by atoms with E-state index in [1.54, 1.807) is 24.0 Å². The highest BCUT2D eigenvalue weighted by molar-refractivity contribution is 7.89. The molecule has 2 aromatic heterocycles. The smallest absolute Gasteiger partial charge is 0.259 e. The molecule has 23 heavy (non-hydrogen) atoms. The fourth-order valence-electron chi connectivity index (χ4n) is 2.54. The SMILES string of the molecule is COc1nccnc1N1CCC(NS(=O)(=O)c2cn(C)cn2)C1. The molecular formula is C13H18N6O3S. The van der Waals surface area contributed by atoms with Gasteiger partial charge in [0.1, 0.15) is 0 Å². The summed E-state index contributed by atoms with van der Waals surface area (Å²) < 4.78 is 34.1. The molecule has 0 bridgehead atoms. The summed E-state index contributed by atoms with van der Waals surface area (Å²) in [6, 6.07) is -0.214. The van der Waals surface area contributed by atoms with Crippen molar-refractivity contribution in [2.45, 2.75) is 17.5 Å². The Labute approximate surface area is 134 Å². The monoisotopic (exact) mass is 338 g/mol. The predicted molar refractivity (Wildman–Crippen MR) is 82.7 cm³/mol.